The van der Waals surface area contributed by atoms with Gasteiger partial charge < -0.3 is 10.6 Å². The molecule has 0 aliphatic heterocycles. The molecule has 2 aliphatic rings. The lowest BCUT2D eigenvalue weighted by Crippen LogP contribution is -2.18. The molecule has 0 bridgehead atoms. The zero-order chi connectivity index (χ0) is 16.1. The number of amides is 2. The predicted molar refractivity (Wildman–Crippen MR) is 87.5 cm³/mol. The third kappa shape index (κ3) is 3.01. The molecule has 2 N–H and O–H groups in total. The molecule has 22 heavy (non-hydrogen) atoms. The Balaban J connectivity index is 1.61. The van der Waals surface area contributed by atoms with E-state index in [0.717, 1.165) is 24.2 Å². The van der Waals surface area contributed by atoms with Crippen LogP contribution in [0.4, 0.5) is 11.4 Å². The van der Waals surface area contributed by atoms with E-state index < -0.39 is 0 Å². The molecule has 2 aliphatic carbocycles. The Morgan fingerprint density at radius 2 is 1.27 bits per heavy atom. The van der Waals surface area contributed by atoms with Gasteiger partial charge in [-0.3, -0.25) is 9.59 Å². The quantitative estimate of drug-likeness (QED) is 0.891. The molecule has 3 rings (SSSR count). The first kappa shape index (κ1) is 15.1. The van der Waals surface area contributed by atoms with Gasteiger partial charge in [0.2, 0.25) is 11.8 Å². The monoisotopic (exact) mass is 300 g/mol. The topological polar surface area (TPSA) is 58.2 Å². The smallest absolute Gasteiger partial charge is 0.228 e. The summed E-state index contributed by atoms with van der Waals surface area (Å²) in [4.78, 5) is 24.3. The predicted octanol–water partition coefficient (Wildman–Crippen LogP) is 3.66. The number of nitrogens with one attached hydrogen (secondary N) is 2. The molecule has 2 saturated carbocycles. The van der Waals surface area contributed by atoms with Gasteiger partial charge in [0.05, 0.1) is 0 Å². The molecular weight excluding hydrogens is 276 g/mol. The van der Waals surface area contributed by atoms with Gasteiger partial charge in [0.1, 0.15) is 0 Å². The molecule has 1 aromatic carbocycles. The molecule has 2 unspecified atom stereocenters. The first-order chi connectivity index (χ1) is 10.2. The molecule has 4 heteroatoms. The van der Waals surface area contributed by atoms with Crippen LogP contribution < -0.4 is 10.6 Å². The third-order valence-electron chi connectivity index (χ3n) is 5.06. The average Bonchev–Trinajstić information content (AvgIpc) is 3.25. The van der Waals surface area contributed by atoms with Crippen molar-refractivity contribution in [3.8, 4) is 0 Å². The lowest BCUT2D eigenvalue weighted by Gasteiger charge is -2.10. The van der Waals surface area contributed by atoms with Crippen LogP contribution >= 0.6 is 0 Å². The van der Waals surface area contributed by atoms with Crippen LogP contribution in [0.25, 0.3) is 0 Å². The summed E-state index contributed by atoms with van der Waals surface area (Å²) >= 11 is 0. The number of benzene rings is 1. The van der Waals surface area contributed by atoms with Crippen LogP contribution in [0.5, 0.6) is 0 Å². The van der Waals surface area contributed by atoms with Crippen molar-refractivity contribution in [2.45, 2.75) is 40.5 Å². The Labute approximate surface area is 131 Å². The molecule has 0 saturated heterocycles. The lowest BCUT2D eigenvalue weighted by molar-refractivity contribution is -0.118. The second-order valence-electron chi connectivity index (χ2n) is 8.05. The van der Waals surface area contributed by atoms with E-state index in [2.05, 4.69) is 38.3 Å². The zero-order valence-electron chi connectivity index (χ0n) is 13.7. The summed E-state index contributed by atoms with van der Waals surface area (Å²) < 4.78 is 0. The van der Waals surface area contributed by atoms with Crippen LogP contribution in [0.3, 0.4) is 0 Å². The zero-order valence-corrected chi connectivity index (χ0v) is 13.7. The van der Waals surface area contributed by atoms with Crippen LogP contribution in [0.1, 0.15) is 40.5 Å². The molecule has 0 aromatic heterocycles. The van der Waals surface area contributed by atoms with Gasteiger partial charge in [0.25, 0.3) is 0 Å². The number of carbonyl (C=O) groups excluding carboxylic acids is 2. The first-order valence-electron chi connectivity index (χ1n) is 7.91. The maximum absolute atomic E-state index is 12.1. The second-order valence-corrected chi connectivity index (χ2v) is 8.05. The van der Waals surface area contributed by atoms with Crippen LogP contribution in [0.2, 0.25) is 0 Å². The van der Waals surface area contributed by atoms with Crippen LogP contribution in [-0.4, -0.2) is 11.8 Å². The number of rotatable bonds is 4. The standard InChI is InChI=1S/C18H24N2O2/c1-17(2)9-13(17)15(21)19-11-6-5-7-12(8-11)20-16(22)14-10-18(14,3)4/h5-8,13-14H,9-10H2,1-4H3,(H,19,21)(H,20,22). The molecule has 0 heterocycles. The van der Waals surface area contributed by atoms with Crippen molar-refractivity contribution in [2.24, 2.45) is 22.7 Å². The van der Waals surface area contributed by atoms with E-state index in [-0.39, 0.29) is 34.5 Å². The Morgan fingerprint density at radius 1 is 0.909 bits per heavy atom. The molecule has 0 radical (unpaired) electrons. The molecule has 2 amide bonds. The highest BCUT2D eigenvalue weighted by atomic mass is 16.2. The van der Waals surface area contributed by atoms with Gasteiger partial charge in [0.15, 0.2) is 0 Å². The van der Waals surface area contributed by atoms with Gasteiger partial charge in [-0.15, -0.1) is 0 Å². The minimum atomic E-state index is 0.0665. The van der Waals surface area contributed by atoms with E-state index in [0.29, 0.717) is 0 Å². The fraction of sp³-hybridized carbons (Fsp3) is 0.556. The fourth-order valence-corrected chi connectivity index (χ4v) is 2.96. The Bertz CT molecular complexity index is 582. The highest BCUT2D eigenvalue weighted by Gasteiger charge is 2.51. The van der Waals surface area contributed by atoms with Crippen molar-refractivity contribution in [3.05, 3.63) is 24.3 Å². The van der Waals surface area contributed by atoms with E-state index in [1.165, 1.54) is 0 Å². The molecule has 4 nitrogen and oxygen atoms in total. The van der Waals surface area contributed by atoms with Crippen LogP contribution in [0, 0.1) is 22.7 Å². The van der Waals surface area contributed by atoms with E-state index in [1.807, 2.05) is 24.3 Å². The van der Waals surface area contributed by atoms with Crippen molar-refractivity contribution in [2.75, 3.05) is 10.6 Å². The summed E-state index contributed by atoms with van der Waals surface area (Å²) in [6.45, 7) is 8.41. The SMILES string of the molecule is CC1(C)CC1C(=O)Nc1cccc(NC(=O)C2CC2(C)C)c1. The minimum absolute atomic E-state index is 0.0665. The third-order valence-corrected chi connectivity index (χ3v) is 5.06. The maximum atomic E-state index is 12.1. The second kappa shape index (κ2) is 4.83. The number of hydrogen-bond donors (Lipinski definition) is 2. The maximum Gasteiger partial charge on any atom is 0.228 e. The highest BCUT2D eigenvalue weighted by molar-refractivity contribution is 5.97. The average molecular weight is 300 g/mol. The molecular formula is C18H24N2O2. The number of hydrogen-bond acceptors (Lipinski definition) is 2. The molecule has 0 spiro atoms. The highest BCUT2D eigenvalue weighted by Crippen LogP contribution is 2.52. The number of anilines is 2. The van der Waals surface area contributed by atoms with Gasteiger partial charge in [-0.25, -0.2) is 0 Å². The van der Waals surface area contributed by atoms with E-state index >= 15 is 0 Å². The largest absolute Gasteiger partial charge is 0.326 e. The summed E-state index contributed by atoms with van der Waals surface area (Å²) in [5.41, 5.74) is 1.71. The Hall–Kier alpha value is -1.84. The molecule has 2 fully saturated rings. The summed E-state index contributed by atoms with van der Waals surface area (Å²) in [6.07, 6.45) is 1.87. The van der Waals surface area contributed by atoms with E-state index in [9.17, 15) is 9.59 Å². The molecule has 2 atom stereocenters. The normalized spacial score (nSPS) is 26.9. The van der Waals surface area contributed by atoms with Gasteiger partial charge >= 0.3 is 0 Å². The van der Waals surface area contributed by atoms with E-state index in [4.69, 9.17) is 0 Å². The van der Waals surface area contributed by atoms with Crippen molar-refractivity contribution < 1.29 is 9.59 Å². The first-order valence-corrected chi connectivity index (χ1v) is 7.91. The summed E-state index contributed by atoms with van der Waals surface area (Å²) in [7, 11) is 0. The van der Waals surface area contributed by atoms with Crippen molar-refractivity contribution in [1.82, 2.24) is 0 Å². The minimum Gasteiger partial charge on any atom is -0.326 e. The van der Waals surface area contributed by atoms with Gasteiger partial charge in [-0.2, -0.15) is 0 Å². The van der Waals surface area contributed by atoms with Crippen molar-refractivity contribution in [3.63, 3.8) is 0 Å². The van der Waals surface area contributed by atoms with Crippen molar-refractivity contribution in [1.29, 1.82) is 0 Å². The number of carbonyl (C=O) groups is 2. The van der Waals surface area contributed by atoms with Crippen LogP contribution in [0.15, 0.2) is 24.3 Å². The summed E-state index contributed by atoms with van der Waals surface area (Å²) in [5, 5.41) is 5.89. The molecule has 1 aromatic rings. The fourth-order valence-electron chi connectivity index (χ4n) is 2.96. The van der Waals surface area contributed by atoms with Crippen molar-refractivity contribution >= 4 is 23.2 Å². The van der Waals surface area contributed by atoms with Crippen LogP contribution in [-0.2, 0) is 9.59 Å². The van der Waals surface area contributed by atoms with Gasteiger partial charge in [-0.1, -0.05) is 33.8 Å². The van der Waals surface area contributed by atoms with Gasteiger partial charge in [-0.05, 0) is 41.9 Å². The Morgan fingerprint density at radius 3 is 1.59 bits per heavy atom. The lowest BCUT2D eigenvalue weighted by atomic mass is 10.1. The van der Waals surface area contributed by atoms with E-state index in [1.54, 1.807) is 0 Å². The summed E-state index contributed by atoms with van der Waals surface area (Å²) in [6, 6.07) is 7.37. The Kier molecular flexibility index (Phi) is 3.31. The summed E-state index contributed by atoms with van der Waals surface area (Å²) in [5.74, 6) is 0.324. The van der Waals surface area contributed by atoms with Gasteiger partial charge in [0, 0.05) is 23.2 Å². The molecule has 118 valence electrons.